The Balaban J connectivity index is 0.00000242. The minimum Gasteiger partial charge on any atom is -0.354 e. The van der Waals surface area contributed by atoms with E-state index in [1.165, 1.54) is 12.1 Å². The molecule has 0 heterocycles. The molecule has 1 aromatic carbocycles. The largest absolute Gasteiger partial charge is 0.354 e. The lowest BCUT2D eigenvalue weighted by molar-refractivity contribution is -0.127. The average molecular weight is 329 g/mol. The molecule has 3 nitrogen and oxygen atoms in total. The second-order valence-corrected chi connectivity index (χ2v) is 6.79. The zero-order chi connectivity index (χ0) is 15.5. The summed E-state index contributed by atoms with van der Waals surface area (Å²) in [5.74, 6) is -0.306. The number of halogens is 2. The molecule has 3 N–H and O–H groups in total. The van der Waals surface area contributed by atoms with Gasteiger partial charge in [0, 0.05) is 12.0 Å². The van der Waals surface area contributed by atoms with Crippen molar-refractivity contribution < 1.29 is 9.18 Å². The monoisotopic (exact) mass is 328 g/mol. The first-order valence-electron chi connectivity index (χ1n) is 7.67. The zero-order valence-corrected chi connectivity index (χ0v) is 14.1. The standard InChI is InChI=1S/C17H25FN2O.ClH/c1-16(2,13-6-8-14(18)9-7-13)12-20-15(21)17(19)10-4-3-5-11-17;/h6-9H,3-5,10-12,19H2,1-2H3,(H,20,21);1H. The first-order chi connectivity index (χ1) is 9.83. The molecule has 0 aromatic heterocycles. The van der Waals surface area contributed by atoms with Crippen LogP contribution in [0, 0.1) is 5.82 Å². The molecule has 124 valence electrons. The molecule has 1 aliphatic rings. The number of amides is 1. The number of nitrogens with two attached hydrogens (primary N) is 1. The number of carbonyl (C=O) groups excluding carboxylic acids is 1. The Bertz CT molecular complexity index is 496. The third-order valence-electron chi connectivity index (χ3n) is 4.51. The van der Waals surface area contributed by atoms with Crippen LogP contribution in [0.3, 0.4) is 0 Å². The summed E-state index contributed by atoms with van der Waals surface area (Å²) in [6.07, 6.45) is 4.72. The van der Waals surface area contributed by atoms with E-state index in [0.717, 1.165) is 37.7 Å². The van der Waals surface area contributed by atoms with Crippen LogP contribution in [0.15, 0.2) is 24.3 Å². The molecule has 1 saturated carbocycles. The molecule has 0 unspecified atom stereocenters. The van der Waals surface area contributed by atoms with Crippen molar-refractivity contribution in [2.75, 3.05) is 6.54 Å². The molecule has 0 saturated heterocycles. The summed E-state index contributed by atoms with van der Waals surface area (Å²) in [7, 11) is 0. The van der Waals surface area contributed by atoms with Gasteiger partial charge in [0.25, 0.3) is 0 Å². The predicted octanol–water partition coefficient (Wildman–Crippen LogP) is 3.30. The van der Waals surface area contributed by atoms with Crippen molar-refractivity contribution in [2.24, 2.45) is 5.73 Å². The zero-order valence-electron chi connectivity index (χ0n) is 13.3. The Hall–Kier alpha value is -1.13. The summed E-state index contributed by atoms with van der Waals surface area (Å²) < 4.78 is 13.0. The normalized spacial score (nSPS) is 17.5. The van der Waals surface area contributed by atoms with Crippen molar-refractivity contribution in [1.29, 1.82) is 0 Å². The van der Waals surface area contributed by atoms with Crippen LogP contribution < -0.4 is 11.1 Å². The van der Waals surface area contributed by atoms with Crippen LogP contribution in [-0.2, 0) is 10.2 Å². The van der Waals surface area contributed by atoms with E-state index in [0.29, 0.717) is 6.54 Å². The summed E-state index contributed by atoms with van der Waals surface area (Å²) in [6, 6.07) is 6.43. The summed E-state index contributed by atoms with van der Waals surface area (Å²) in [5.41, 5.74) is 6.26. The van der Waals surface area contributed by atoms with Gasteiger partial charge < -0.3 is 11.1 Å². The third-order valence-corrected chi connectivity index (χ3v) is 4.51. The van der Waals surface area contributed by atoms with E-state index in [1.807, 2.05) is 13.8 Å². The highest BCUT2D eigenvalue weighted by Gasteiger charge is 2.36. The molecular formula is C17H26ClFN2O. The Labute approximate surface area is 138 Å². The third kappa shape index (κ3) is 4.43. The molecule has 1 aliphatic carbocycles. The fourth-order valence-corrected chi connectivity index (χ4v) is 2.89. The van der Waals surface area contributed by atoms with Crippen molar-refractivity contribution in [3.05, 3.63) is 35.6 Å². The first-order valence-corrected chi connectivity index (χ1v) is 7.67. The number of hydrogen-bond donors (Lipinski definition) is 2. The van der Waals surface area contributed by atoms with E-state index in [1.54, 1.807) is 12.1 Å². The molecule has 2 rings (SSSR count). The SMILES string of the molecule is CC(C)(CNC(=O)C1(N)CCCCC1)c1ccc(F)cc1.Cl. The quantitative estimate of drug-likeness (QED) is 0.891. The second-order valence-electron chi connectivity index (χ2n) is 6.79. The smallest absolute Gasteiger partial charge is 0.240 e. The summed E-state index contributed by atoms with van der Waals surface area (Å²) in [5, 5.41) is 2.99. The van der Waals surface area contributed by atoms with Crippen LogP contribution in [0.4, 0.5) is 4.39 Å². The topological polar surface area (TPSA) is 55.1 Å². The maximum absolute atomic E-state index is 13.0. The van der Waals surface area contributed by atoms with Gasteiger partial charge in [-0.05, 0) is 30.5 Å². The van der Waals surface area contributed by atoms with Crippen LogP contribution in [0.1, 0.15) is 51.5 Å². The molecule has 22 heavy (non-hydrogen) atoms. The van der Waals surface area contributed by atoms with Crippen LogP contribution in [0.25, 0.3) is 0 Å². The Morgan fingerprint density at radius 2 is 1.77 bits per heavy atom. The minimum absolute atomic E-state index is 0. The van der Waals surface area contributed by atoms with Gasteiger partial charge in [-0.1, -0.05) is 45.2 Å². The Morgan fingerprint density at radius 1 is 1.23 bits per heavy atom. The van der Waals surface area contributed by atoms with Gasteiger partial charge in [-0.15, -0.1) is 12.4 Å². The average Bonchev–Trinajstić information content (AvgIpc) is 2.46. The minimum atomic E-state index is -0.711. The Morgan fingerprint density at radius 3 is 2.32 bits per heavy atom. The Kier molecular flexibility index (Phi) is 6.38. The molecule has 0 radical (unpaired) electrons. The number of hydrogen-bond acceptors (Lipinski definition) is 2. The van der Waals surface area contributed by atoms with Crippen LogP contribution in [-0.4, -0.2) is 18.0 Å². The van der Waals surface area contributed by atoms with Gasteiger partial charge >= 0.3 is 0 Å². The van der Waals surface area contributed by atoms with Gasteiger partial charge in [0.15, 0.2) is 0 Å². The lowest BCUT2D eigenvalue weighted by Gasteiger charge is -2.34. The molecule has 0 aliphatic heterocycles. The highest BCUT2D eigenvalue weighted by atomic mass is 35.5. The van der Waals surface area contributed by atoms with Gasteiger partial charge in [0.05, 0.1) is 5.54 Å². The predicted molar refractivity (Wildman–Crippen MR) is 89.7 cm³/mol. The molecular weight excluding hydrogens is 303 g/mol. The van der Waals surface area contributed by atoms with Crippen molar-refractivity contribution in [2.45, 2.75) is 56.9 Å². The van der Waals surface area contributed by atoms with Gasteiger partial charge in [0.2, 0.25) is 5.91 Å². The molecule has 1 amide bonds. The van der Waals surface area contributed by atoms with E-state index in [4.69, 9.17) is 5.73 Å². The summed E-state index contributed by atoms with van der Waals surface area (Å²) in [4.78, 5) is 12.4. The van der Waals surface area contributed by atoms with Crippen molar-refractivity contribution in [3.63, 3.8) is 0 Å². The molecule has 0 spiro atoms. The number of nitrogens with one attached hydrogen (secondary N) is 1. The van der Waals surface area contributed by atoms with Crippen LogP contribution in [0.5, 0.6) is 0 Å². The van der Waals surface area contributed by atoms with E-state index in [-0.39, 0.29) is 29.5 Å². The van der Waals surface area contributed by atoms with Crippen LogP contribution in [0.2, 0.25) is 0 Å². The fourth-order valence-electron chi connectivity index (χ4n) is 2.89. The van der Waals surface area contributed by atoms with E-state index < -0.39 is 5.54 Å². The van der Waals surface area contributed by atoms with Gasteiger partial charge in [0.1, 0.15) is 5.82 Å². The molecule has 5 heteroatoms. The lowest BCUT2D eigenvalue weighted by atomic mass is 9.81. The van der Waals surface area contributed by atoms with E-state index >= 15 is 0 Å². The van der Waals surface area contributed by atoms with E-state index in [9.17, 15) is 9.18 Å². The molecule has 1 aromatic rings. The lowest BCUT2D eigenvalue weighted by Crippen LogP contribution is -2.56. The van der Waals surface area contributed by atoms with Crippen molar-refractivity contribution >= 4 is 18.3 Å². The fraction of sp³-hybridized carbons (Fsp3) is 0.588. The maximum Gasteiger partial charge on any atom is 0.240 e. The van der Waals surface area contributed by atoms with Crippen molar-refractivity contribution in [1.82, 2.24) is 5.32 Å². The molecule has 0 bridgehead atoms. The van der Waals surface area contributed by atoms with E-state index in [2.05, 4.69) is 5.32 Å². The number of carbonyl (C=O) groups is 1. The first kappa shape index (κ1) is 18.9. The highest BCUT2D eigenvalue weighted by Crippen LogP contribution is 2.27. The summed E-state index contributed by atoms with van der Waals surface area (Å²) in [6.45, 7) is 4.56. The van der Waals surface area contributed by atoms with Gasteiger partial charge in [-0.2, -0.15) is 0 Å². The maximum atomic E-state index is 13.0. The number of rotatable bonds is 4. The van der Waals surface area contributed by atoms with Crippen LogP contribution >= 0.6 is 12.4 Å². The molecule has 1 fully saturated rings. The summed E-state index contributed by atoms with van der Waals surface area (Å²) >= 11 is 0. The molecule has 0 atom stereocenters. The van der Waals surface area contributed by atoms with Gasteiger partial charge in [-0.25, -0.2) is 4.39 Å². The second kappa shape index (κ2) is 7.42. The highest BCUT2D eigenvalue weighted by molar-refractivity contribution is 5.86. The van der Waals surface area contributed by atoms with Crippen molar-refractivity contribution in [3.8, 4) is 0 Å². The number of benzene rings is 1. The van der Waals surface area contributed by atoms with Gasteiger partial charge in [-0.3, -0.25) is 4.79 Å².